The first-order chi connectivity index (χ1) is 11.5. The maximum Gasteiger partial charge on any atom is 0.193 e. The average molecular weight is 355 g/mol. The number of aryl methyl sites for hydroxylation is 1. The molecule has 2 aromatic rings. The van der Waals surface area contributed by atoms with E-state index in [1.165, 1.54) is 14.2 Å². The SMILES string of the molecule is COc1ccc(PC(=O)c2c(OC)cc(OC)cc2OC)c(C)c1.[Li]. The Morgan fingerprint density at radius 1 is 0.840 bits per heavy atom. The maximum absolute atomic E-state index is 12.9. The molecule has 2 aromatic carbocycles. The molecule has 0 aliphatic rings. The van der Waals surface area contributed by atoms with E-state index < -0.39 is 0 Å². The molecule has 0 fully saturated rings. The summed E-state index contributed by atoms with van der Waals surface area (Å²) in [6, 6.07) is 9.04. The molecule has 1 radical (unpaired) electrons. The van der Waals surface area contributed by atoms with Gasteiger partial charge in [0.15, 0.2) is 5.52 Å². The van der Waals surface area contributed by atoms with Crippen LogP contribution in [0, 0.1) is 6.92 Å². The zero-order valence-electron chi connectivity index (χ0n) is 15.4. The molecular weight excluding hydrogens is 334 g/mol. The van der Waals surface area contributed by atoms with Gasteiger partial charge in [0.25, 0.3) is 0 Å². The number of ether oxygens (including phenoxy) is 4. The molecule has 0 aliphatic carbocycles. The summed E-state index contributed by atoms with van der Waals surface area (Å²) in [6.45, 7) is 1.96. The van der Waals surface area contributed by atoms with Crippen LogP contribution in [0.2, 0.25) is 0 Å². The maximum atomic E-state index is 12.9. The second-order valence-corrected chi connectivity index (χ2v) is 6.28. The van der Waals surface area contributed by atoms with E-state index in [1.54, 1.807) is 26.4 Å². The van der Waals surface area contributed by atoms with Crippen molar-refractivity contribution in [1.82, 2.24) is 0 Å². The fraction of sp³-hybridized carbons (Fsp3) is 0.278. The Hall–Kier alpha value is -1.66. The fourth-order valence-corrected chi connectivity index (χ4v) is 3.37. The second kappa shape index (κ2) is 9.73. The first kappa shape index (κ1) is 21.4. The molecule has 0 saturated heterocycles. The van der Waals surface area contributed by atoms with Gasteiger partial charge in [0.05, 0.1) is 28.4 Å². The van der Waals surface area contributed by atoms with Crippen molar-refractivity contribution in [2.24, 2.45) is 0 Å². The van der Waals surface area contributed by atoms with E-state index in [-0.39, 0.29) is 33.0 Å². The van der Waals surface area contributed by atoms with Crippen LogP contribution in [-0.2, 0) is 0 Å². The summed E-state index contributed by atoms with van der Waals surface area (Å²) < 4.78 is 21.1. The largest absolute Gasteiger partial charge is 0.497 e. The number of methoxy groups -OCH3 is 4. The van der Waals surface area contributed by atoms with Crippen LogP contribution in [0.5, 0.6) is 23.0 Å². The number of hydrogen-bond donors (Lipinski definition) is 0. The predicted molar refractivity (Wildman–Crippen MR) is 102 cm³/mol. The van der Waals surface area contributed by atoms with Crippen LogP contribution in [0.1, 0.15) is 15.9 Å². The summed E-state index contributed by atoms with van der Waals surface area (Å²) in [7, 11) is 6.17. The number of carbonyl (C=O) groups is 1. The Morgan fingerprint density at radius 2 is 1.40 bits per heavy atom. The van der Waals surface area contributed by atoms with Gasteiger partial charge in [-0.2, -0.15) is 0 Å². The van der Waals surface area contributed by atoms with Gasteiger partial charge >= 0.3 is 0 Å². The van der Waals surface area contributed by atoms with E-state index in [9.17, 15) is 4.79 Å². The molecule has 5 nitrogen and oxygen atoms in total. The van der Waals surface area contributed by atoms with E-state index in [4.69, 9.17) is 18.9 Å². The summed E-state index contributed by atoms with van der Waals surface area (Å²) >= 11 is 0. The van der Waals surface area contributed by atoms with E-state index in [1.807, 2.05) is 25.1 Å². The molecular formula is C18H21LiO5P. The van der Waals surface area contributed by atoms with Crippen LogP contribution in [0.3, 0.4) is 0 Å². The Morgan fingerprint density at radius 3 is 1.84 bits per heavy atom. The third-order valence-electron chi connectivity index (χ3n) is 3.62. The van der Waals surface area contributed by atoms with Crippen molar-refractivity contribution in [1.29, 1.82) is 0 Å². The molecule has 25 heavy (non-hydrogen) atoms. The Balaban J connectivity index is 0.00000312. The number of carbonyl (C=O) groups excluding carboxylic acids is 1. The van der Waals surface area contributed by atoms with Crippen molar-refractivity contribution in [2.45, 2.75) is 6.92 Å². The van der Waals surface area contributed by atoms with Crippen molar-refractivity contribution >= 4 is 38.3 Å². The van der Waals surface area contributed by atoms with E-state index >= 15 is 0 Å². The molecule has 0 spiro atoms. The first-order valence-electron chi connectivity index (χ1n) is 7.30. The molecule has 0 aromatic heterocycles. The van der Waals surface area contributed by atoms with Crippen LogP contribution >= 0.6 is 8.58 Å². The van der Waals surface area contributed by atoms with Crippen LogP contribution in [-0.4, -0.2) is 52.8 Å². The number of rotatable bonds is 7. The summed E-state index contributed by atoms with van der Waals surface area (Å²) in [5.74, 6) is 2.22. The molecule has 1 atom stereocenters. The Bertz CT molecular complexity index is 723. The molecule has 7 heteroatoms. The molecule has 2 rings (SSSR count). The third kappa shape index (κ3) is 4.92. The van der Waals surface area contributed by atoms with E-state index in [0.717, 1.165) is 16.6 Å². The molecule has 0 N–H and O–H groups in total. The molecule has 0 bridgehead atoms. The molecule has 0 aliphatic heterocycles. The van der Waals surface area contributed by atoms with Crippen molar-refractivity contribution in [3.05, 3.63) is 41.5 Å². The van der Waals surface area contributed by atoms with Gasteiger partial charge < -0.3 is 18.9 Å². The van der Waals surface area contributed by atoms with Gasteiger partial charge in [-0.15, -0.1) is 0 Å². The quantitative estimate of drug-likeness (QED) is 0.565. The van der Waals surface area contributed by atoms with Crippen LogP contribution in [0.15, 0.2) is 30.3 Å². The minimum absolute atomic E-state index is 0. The molecule has 0 amide bonds. The van der Waals surface area contributed by atoms with Crippen molar-refractivity contribution in [3.63, 3.8) is 0 Å². The number of hydrogen-bond acceptors (Lipinski definition) is 5. The van der Waals surface area contributed by atoms with Crippen molar-refractivity contribution < 1.29 is 23.7 Å². The Kier molecular flexibility index (Phi) is 8.32. The summed E-state index contributed by atoms with van der Waals surface area (Å²) in [5.41, 5.74) is 1.38. The Labute approximate surface area is 162 Å². The summed E-state index contributed by atoms with van der Waals surface area (Å²) in [4.78, 5) is 12.9. The minimum Gasteiger partial charge on any atom is -0.497 e. The average Bonchev–Trinajstić information content (AvgIpc) is 2.61. The minimum atomic E-state index is -0.0559. The topological polar surface area (TPSA) is 54.0 Å². The van der Waals surface area contributed by atoms with Crippen LogP contribution in [0.4, 0.5) is 0 Å². The molecule has 0 saturated carbocycles. The first-order valence-corrected chi connectivity index (χ1v) is 8.30. The van der Waals surface area contributed by atoms with Gasteiger partial charge in [-0.25, -0.2) is 0 Å². The van der Waals surface area contributed by atoms with Gasteiger partial charge in [-0.1, -0.05) is 6.07 Å². The van der Waals surface area contributed by atoms with E-state index in [0.29, 0.717) is 22.8 Å². The smallest absolute Gasteiger partial charge is 0.193 e. The van der Waals surface area contributed by atoms with Gasteiger partial charge in [-0.05, 0) is 38.5 Å². The van der Waals surface area contributed by atoms with Crippen LogP contribution in [0.25, 0.3) is 0 Å². The second-order valence-electron chi connectivity index (χ2n) is 5.04. The van der Waals surface area contributed by atoms with Gasteiger partial charge in [0.1, 0.15) is 28.6 Å². The number of benzene rings is 2. The third-order valence-corrected chi connectivity index (χ3v) is 4.93. The van der Waals surface area contributed by atoms with E-state index in [2.05, 4.69) is 0 Å². The predicted octanol–water partition coefficient (Wildman–Crippen LogP) is 2.79. The fourth-order valence-electron chi connectivity index (χ4n) is 2.32. The summed E-state index contributed by atoms with van der Waals surface area (Å²) in [5, 5.41) is 0.959. The van der Waals surface area contributed by atoms with Crippen LogP contribution < -0.4 is 24.3 Å². The van der Waals surface area contributed by atoms with Gasteiger partial charge in [0.2, 0.25) is 0 Å². The monoisotopic (exact) mass is 355 g/mol. The van der Waals surface area contributed by atoms with Gasteiger partial charge in [-0.3, -0.25) is 4.79 Å². The zero-order valence-corrected chi connectivity index (χ0v) is 16.4. The molecule has 1 unspecified atom stereocenters. The van der Waals surface area contributed by atoms with Gasteiger partial charge in [0, 0.05) is 31.0 Å². The van der Waals surface area contributed by atoms with Crippen molar-refractivity contribution in [2.75, 3.05) is 28.4 Å². The summed E-state index contributed by atoms with van der Waals surface area (Å²) in [6.07, 6.45) is 0. The molecule has 129 valence electrons. The normalized spacial score (nSPS) is 10.3. The molecule has 0 heterocycles. The van der Waals surface area contributed by atoms with Crippen molar-refractivity contribution in [3.8, 4) is 23.0 Å². The standard InChI is InChI=1S/C18H21O5P.Li/c1-11-8-12(20-2)6-7-16(11)24-18(19)17-14(22-4)9-13(21-3)10-15(17)23-5;/h6-10,24H,1-5H3;. The zero-order chi connectivity index (χ0) is 17.7.